The molecule has 2 aromatic heterocycles. The van der Waals surface area contributed by atoms with Crippen LogP contribution in [0.1, 0.15) is 70.5 Å². The Balaban J connectivity index is 1.48. The number of pyridine rings is 2. The van der Waals surface area contributed by atoms with Crippen molar-refractivity contribution in [2.45, 2.75) is 71.3 Å². The van der Waals surface area contributed by atoms with E-state index < -0.39 is 0 Å². The number of hydrogen-bond donors (Lipinski definition) is 1. The lowest BCUT2D eigenvalue weighted by atomic mass is 9.91. The van der Waals surface area contributed by atoms with Gasteiger partial charge in [-0.3, -0.25) is 14.6 Å². The van der Waals surface area contributed by atoms with E-state index in [2.05, 4.69) is 9.97 Å². The van der Waals surface area contributed by atoms with Crippen LogP contribution in [-0.4, -0.2) is 21.4 Å². The maximum absolute atomic E-state index is 13.3. The number of aromatic nitrogens is 2. The van der Waals surface area contributed by atoms with Gasteiger partial charge < -0.3 is 9.72 Å². The Morgan fingerprint density at radius 3 is 2.61 bits per heavy atom. The smallest absolute Gasteiger partial charge is 0.251 e. The molecule has 0 bridgehead atoms. The molecule has 1 spiro atoms. The molecule has 1 fully saturated rings. The van der Waals surface area contributed by atoms with Gasteiger partial charge in [-0.15, -0.1) is 0 Å². The zero-order chi connectivity index (χ0) is 23.2. The van der Waals surface area contributed by atoms with Crippen LogP contribution in [0.5, 0.6) is 5.75 Å². The van der Waals surface area contributed by atoms with E-state index in [9.17, 15) is 9.59 Å². The molecular formula is C28H30N2O3. The summed E-state index contributed by atoms with van der Waals surface area (Å²) >= 11 is 0. The Morgan fingerprint density at radius 1 is 1.12 bits per heavy atom. The summed E-state index contributed by atoms with van der Waals surface area (Å²) in [6, 6.07) is 9.96. The quantitative estimate of drug-likeness (QED) is 0.535. The minimum atomic E-state index is -0.122. The minimum Gasteiger partial charge on any atom is -0.486 e. The number of aryl methyl sites for hydroxylation is 3. The van der Waals surface area contributed by atoms with E-state index in [1.165, 1.54) is 12.8 Å². The van der Waals surface area contributed by atoms with Gasteiger partial charge in [0.25, 0.3) is 5.56 Å². The van der Waals surface area contributed by atoms with Crippen LogP contribution in [0.2, 0.25) is 0 Å². The fourth-order valence-electron chi connectivity index (χ4n) is 5.42. The summed E-state index contributed by atoms with van der Waals surface area (Å²) in [5, 5.41) is 0. The van der Waals surface area contributed by atoms with Gasteiger partial charge in [-0.1, -0.05) is 6.07 Å². The highest BCUT2D eigenvalue weighted by Crippen LogP contribution is 2.49. The van der Waals surface area contributed by atoms with Crippen molar-refractivity contribution in [3.8, 4) is 16.9 Å². The molecule has 1 aliphatic carbocycles. The maximum Gasteiger partial charge on any atom is 0.251 e. The van der Waals surface area contributed by atoms with E-state index >= 15 is 0 Å². The SMILES string of the molecule is Cc1ccc(-c2cc(C(=O)CCc3c(C)cc(C)[nH]c3=O)cc3c2OC2(CCCC2)C3)cn1. The van der Waals surface area contributed by atoms with Gasteiger partial charge in [0.15, 0.2) is 5.78 Å². The van der Waals surface area contributed by atoms with Gasteiger partial charge in [0.05, 0.1) is 0 Å². The molecule has 0 unspecified atom stereocenters. The lowest BCUT2D eigenvalue weighted by Gasteiger charge is -2.23. The van der Waals surface area contributed by atoms with E-state index in [0.717, 1.165) is 58.7 Å². The molecule has 1 N–H and O–H groups in total. The van der Waals surface area contributed by atoms with Crippen LogP contribution in [-0.2, 0) is 12.8 Å². The van der Waals surface area contributed by atoms with Gasteiger partial charge >= 0.3 is 0 Å². The summed E-state index contributed by atoms with van der Waals surface area (Å²) < 4.78 is 6.59. The first kappa shape index (κ1) is 21.6. The first-order valence-corrected chi connectivity index (χ1v) is 11.9. The number of fused-ring (bicyclic) bond motifs is 1. The number of hydrogen-bond acceptors (Lipinski definition) is 4. The van der Waals surface area contributed by atoms with Crippen LogP contribution >= 0.6 is 0 Å². The van der Waals surface area contributed by atoms with Crippen molar-refractivity contribution in [1.82, 2.24) is 9.97 Å². The first-order chi connectivity index (χ1) is 15.8. The number of nitrogens with one attached hydrogen (secondary N) is 1. The van der Waals surface area contributed by atoms with Crippen LogP contribution in [0.3, 0.4) is 0 Å². The van der Waals surface area contributed by atoms with Crippen LogP contribution in [0, 0.1) is 20.8 Å². The fourth-order valence-corrected chi connectivity index (χ4v) is 5.42. The summed E-state index contributed by atoms with van der Waals surface area (Å²) in [7, 11) is 0. The van der Waals surface area contributed by atoms with Gasteiger partial charge in [-0.2, -0.15) is 0 Å². The zero-order valence-corrected chi connectivity index (χ0v) is 19.6. The Bertz CT molecular complexity index is 1280. The molecule has 0 amide bonds. The van der Waals surface area contributed by atoms with Gasteiger partial charge in [-0.25, -0.2) is 0 Å². The summed E-state index contributed by atoms with van der Waals surface area (Å²) in [6.45, 7) is 5.76. The Hall–Kier alpha value is -3.21. The average molecular weight is 443 g/mol. The third-order valence-electron chi connectivity index (χ3n) is 7.15. The van der Waals surface area contributed by atoms with Crippen molar-refractivity contribution in [2.24, 2.45) is 0 Å². The van der Waals surface area contributed by atoms with Crippen molar-refractivity contribution >= 4 is 5.78 Å². The molecule has 170 valence electrons. The van der Waals surface area contributed by atoms with Gasteiger partial charge in [0.2, 0.25) is 0 Å². The standard InChI is InChI=1S/C28H30N2O3/c1-17-12-19(3)30-27(32)23(17)8-9-25(31)21-13-22-15-28(10-4-5-11-28)33-26(22)24(14-21)20-7-6-18(2)29-16-20/h6-7,12-14,16H,4-5,8-11,15H2,1-3H3,(H,30,32). The third-order valence-corrected chi connectivity index (χ3v) is 7.15. The van der Waals surface area contributed by atoms with Crippen LogP contribution in [0.25, 0.3) is 11.1 Å². The fraction of sp³-hybridized carbons (Fsp3) is 0.393. The van der Waals surface area contributed by atoms with Gasteiger partial charge in [-0.05, 0) is 88.3 Å². The van der Waals surface area contributed by atoms with Crippen molar-refractivity contribution < 1.29 is 9.53 Å². The normalized spacial score (nSPS) is 16.1. The van der Waals surface area contributed by atoms with Gasteiger partial charge in [0.1, 0.15) is 11.4 Å². The third kappa shape index (κ3) is 4.12. The van der Waals surface area contributed by atoms with Gasteiger partial charge in [0, 0.05) is 52.7 Å². The lowest BCUT2D eigenvalue weighted by Crippen LogP contribution is -2.30. The molecule has 5 nitrogen and oxygen atoms in total. The van der Waals surface area contributed by atoms with Crippen molar-refractivity contribution in [3.63, 3.8) is 0 Å². The highest BCUT2D eigenvalue weighted by Gasteiger charge is 2.43. The molecule has 1 aromatic carbocycles. The Labute approximate surface area is 194 Å². The van der Waals surface area contributed by atoms with Crippen molar-refractivity contribution in [3.05, 3.63) is 80.5 Å². The highest BCUT2D eigenvalue weighted by atomic mass is 16.5. The number of aromatic amines is 1. The number of nitrogens with zero attached hydrogens (tertiary/aromatic N) is 1. The van der Waals surface area contributed by atoms with Crippen LogP contribution in [0.4, 0.5) is 0 Å². The Morgan fingerprint density at radius 2 is 1.91 bits per heavy atom. The number of rotatable bonds is 5. The number of H-pyrrole nitrogens is 1. The monoisotopic (exact) mass is 442 g/mol. The predicted octanol–water partition coefficient (Wildman–Crippen LogP) is 5.43. The summed E-state index contributed by atoms with van der Waals surface area (Å²) in [5.41, 5.74) is 6.89. The van der Waals surface area contributed by atoms with E-state index in [1.54, 1.807) is 0 Å². The molecule has 0 radical (unpaired) electrons. The van der Waals surface area contributed by atoms with Crippen molar-refractivity contribution in [2.75, 3.05) is 0 Å². The second-order valence-corrected chi connectivity index (χ2v) is 9.74. The topological polar surface area (TPSA) is 72.0 Å². The molecular weight excluding hydrogens is 412 g/mol. The maximum atomic E-state index is 13.3. The lowest BCUT2D eigenvalue weighted by molar-refractivity contribution is 0.0982. The molecule has 1 saturated carbocycles. The first-order valence-electron chi connectivity index (χ1n) is 11.9. The highest BCUT2D eigenvalue weighted by molar-refractivity contribution is 5.98. The Kier molecular flexibility index (Phi) is 5.43. The predicted molar refractivity (Wildman–Crippen MR) is 129 cm³/mol. The molecule has 3 heterocycles. The number of ether oxygens (including phenoxy) is 1. The molecule has 5 rings (SSSR count). The molecule has 2 aliphatic rings. The largest absolute Gasteiger partial charge is 0.486 e. The van der Waals surface area contributed by atoms with E-state index in [4.69, 9.17) is 4.74 Å². The van der Waals surface area contributed by atoms with E-state index in [1.807, 2.05) is 57.3 Å². The molecule has 1 aliphatic heterocycles. The number of carbonyl (C=O) groups excluding carboxylic acids is 1. The second kappa shape index (κ2) is 8.29. The van der Waals surface area contributed by atoms with E-state index in [0.29, 0.717) is 24.0 Å². The van der Waals surface area contributed by atoms with Crippen LogP contribution in [0.15, 0.2) is 41.3 Å². The summed E-state index contributed by atoms with van der Waals surface area (Å²) in [4.78, 5) is 33.0. The number of carbonyl (C=O) groups is 1. The minimum absolute atomic E-state index is 0.0471. The molecule has 0 saturated heterocycles. The second-order valence-electron chi connectivity index (χ2n) is 9.74. The summed E-state index contributed by atoms with van der Waals surface area (Å²) in [6.07, 6.45) is 7.93. The summed E-state index contributed by atoms with van der Waals surface area (Å²) in [5.74, 6) is 0.954. The molecule has 33 heavy (non-hydrogen) atoms. The molecule has 5 heteroatoms. The zero-order valence-electron chi connectivity index (χ0n) is 19.6. The molecule has 3 aromatic rings. The molecule has 0 atom stereocenters. The van der Waals surface area contributed by atoms with Crippen molar-refractivity contribution in [1.29, 1.82) is 0 Å². The number of benzene rings is 1. The number of Topliss-reactive ketones (excluding diaryl/α,β-unsaturated/α-hetero) is 1. The van der Waals surface area contributed by atoms with E-state index in [-0.39, 0.29) is 16.9 Å². The van der Waals surface area contributed by atoms with Crippen LogP contribution < -0.4 is 10.3 Å². The number of ketones is 1. The average Bonchev–Trinajstić information content (AvgIpc) is 3.38.